The van der Waals surface area contributed by atoms with Crippen molar-refractivity contribution in [2.24, 2.45) is 5.73 Å². The lowest BCUT2D eigenvalue weighted by molar-refractivity contribution is -0.133. The highest BCUT2D eigenvalue weighted by atomic mass is 35.5. The zero-order valence-corrected chi connectivity index (χ0v) is 17.4. The number of nitrogens with zero attached hydrogens (tertiary/aromatic N) is 2. The standard InChI is InChI=1S/C19H30N4O2.2ClH/c20-11-7-2-1-6-10-19(25)23-14-12-22(13-15-23)16-18(24)21-17-8-4-3-5-9-17;;/h3-5,8-9H,1-2,6-7,10-16,20H2,(H,21,24);2*1H. The monoisotopic (exact) mass is 418 g/mol. The number of halogens is 2. The van der Waals surface area contributed by atoms with Gasteiger partial charge in [0.1, 0.15) is 0 Å². The van der Waals surface area contributed by atoms with Gasteiger partial charge in [0.2, 0.25) is 11.8 Å². The molecule has 1 aromatic carbocycles. The quantitative estimate of drug-likeness (QED) is 0.603. The van der Waals surface area contributed by atoms with E-state index in [1.807, 2.05) is 35.2 Å². The van der Waals surface area contributed by atoms with Crippen molar-refractivity contribution in [1.82, 2.24) is 9.80 Å². The van der Waals surface area contributed by atoms with E-state index in [2.05, 4.69) is 10.2 Å². The van der Waals surface area contributed by atoms with E-state index in [1.54, 1.807) is 0 Å². The molecule has 8 heteroatoms. The molecule has 1 heterocycles. The van der Waals surface area contributed by atoms with Crippen molar-refractivity contribution in [2.45, 2.75) is 32.1 Å². The number of hydrogen-bond donors (Lipinski definition) is 2. The number of benzene rings is 1. The molecular formula is C19H32Cl2N4O2. The first-order valence-corrected chi connectivity index (χ1v) is 9.24. The summed E-state index contributed by atoms with van der Waals surface area (Å²) in [7, 11) is 0. The Labute approximate surface area is 174 Å². The summed E-state index contributed by atoms with van der Waals surface area (Å²) in [5, 5.41) is 2.90. The van der Waals surface area contributed by atoms with Crippen molar-refractivity contribution in [3.63, 3.8) is 0 Å². The Balaban J connectivity index is 0.00000338. The second kappa shape index (κ2) is 14.7. The third-order valence-electron chi connectivity index (χ3n) is 4.49. The predicted octanol–water partition coefficient (Wildman–Crippen LogP) is 2.52. The van der Waals surface area contributed by atoms with E-state index in [0.717, 1.165) is 51.0 Å². The first-order chi connectivity index (χ1) is 12.2. The van der Waals surface area contributed by atoms with Crippen LogP contribution >= 0.6 is 24.8 Å². The lowest BCUT2D eigenvalue weighted by atomic mass is 10.1. The lowest BCUT2D eigenvalue weighted by Gasteiger charge is -2.34. The predicted molar refractivity (Wildman–Crippen MR) is 115 cm³/mol. The van der Waals surface area contributed by atoms with Gasteiger partial charge in [-0.05, 0) is 31.5 Å². The summed E-state index contributed by atoms with van der Waals surface area (Å²) in [5.41, 5.74) is 6.29. The van der Waals surface area contributed by atoms with Gasteiger partial charge in [0.15, 0.2) is 0 Å². The summed E-state index contributed by atoms with van der Waals surface area (Å²) in [6.07, 6.45) is 4.78. The molecule has 0 aromatic heterocycles. The number of carbonyl (C=O) groups excluding carboxylic acids is 2. The molecule has 1 aliphatic rings. The van der Waals surface area contributed by atoms with E-state index in [4.69, 9.17) is 5.73 Å². The van der Waals surface area contributed by atoms with E-state index < -0.39 is 0 Å². The van der Waals surface area contributed by atoms with Crippen LogP contribution in [0, 0.1) is 0 Å². The maximum Gasteiger partial charge on any atom is 0.238 e. The van der Waals surface area contributed by atoms with Crippen LogP contribution in [0.25, 0.3) is 0 Å². The minimum Gasteiger partial charge on any atom is -0.340 e. The summed E-state index contributed by atoms with van der Waals surface area (Å²) in [5.74, 6) is 0.229. The van der Waals surface area contributed by atoms with Gasteiger partial charge >= 0.3 is 0 Å². The van der Waals surface area contributed by atoms with Crippen LogP contribution in [0.15, 0.2) is 30.3 Å². The van der Waals surface area contributed by atoms with Crippen LogP contribution in [-0.4, -0.2) is 60.9 Å². The Morgan fingerprint density at radius 2 is 1.56 bits per heavy atom. The highest BCUT2D eigenvalue weighted by Crippen LogP contribution is 2.09. The molecule has 2 rings (SSSR count). The number of rotatable bonds is 9. The van der Waals surface area contributed by atoms with Gasteiger partial charge < -0.3 is 16.0 Å². The van der Waals surface area contributed by atoms with Crippen LogP contribution in [0.3, 0.4) is 0 Å². The van der Waals surface area contributed by atoms with Gasteiger partial charge in [-0.25, -0.2) is 0 Å². The van der Waals surface area contributed by atoms with Gasteiger partial charge in [-0.2, -0.15) is 0 Å². The molecule has 1 aromatic rings. The third-order valence-corrected chi connectivity index (χ3v) is 4.49. The number of amides is 2. The summed E-state index contributed by atoms with van der Waals surface area (Å²) in [4.78, 5) is 28.3. The SMILES string of the molecule is Cl.Cl.NCCCCCCC(=O)N1CCN(CC(=O)Nc2ccccc2)CC1. The minimum atomic E-state index is -0.00844. The Hall–Kier alpha value is -1.34. The van der Waals surface area contributed by atoms with Gasteiger partial charge in [-0.1, -0.05) is 31.0 Å². The fraction of sp³-hybridized carbons (Fsp3) is 0.579. The van der Waals surface area contributed by atoms with Crippen LogP contribution in [0.4, 0.5) is 5.69 Å². The average molecular weight is 419 g/mol. The van der Waals surface area contributed by atoms with Crippen molar-refractivity contribution >= 4 is 42.3 Å². The van der Waals surface area contributed by atoms with Crippen molar-refractivity contribution < 1.29 is 9.59 Å². The van der Waals surface area contributed by atoms with Crippen LogP contribution in [-0.2, 0) is 9.59 Å². The number of anilines is 1. The Bertz CT molecular complexity index is 538. The van der Waals surface area contributed by atoms with Crippen molar-refractivity contribution in [3.8, 4) is 0 Å². The Morgan fingerprint density at radius 1 is 0.926 bits per heavy atom. The second-order valence-electron chi connectivity index (χ2n) is 6.52. The van der Waals surface area contributed by atoms with Crippen molar-refractivity contribution in [1.29, 1.82) is 0 Å². The van der Waals surface area contributed by atoms with E-state index >= 15 is 0 Å². The molecule has 2 amide bonds. The smallest absolute Gasteiger partial charge is 0.238 e. The van der Waals surface area contributed by atoms with Crippen LogP contribution in [0.2, 0.25) is 0 Å². The molecule has 154 valence electrons. The van der Waals surface area contributed by atoms with Crippen LogP contribution in [0.1, 0.15) is 32.1 Å². The molecule has 0 spiro atoms. The van der Waals surface area contributed by atoms with Crippen LogP contribution in [0.5, 0.6) is 0 Å². The molecule has 1 saturated heterocycles. The van der Waals surface area contributed by atoms with Crippen LogP contribution < -0.4 is 11.1 Å². The summed E-state index contributed by atoms with van der Waals surface area (Å²) >= 11 is 0. The molecule has 3 N–H and O–H groups in total. The number of carbonyl (C=O) groups is 2. The number of nitrogens with one attached hydrogen (secondary N) is 1. The topological polar surface area (TPSA) is 78.7 Å². The summed E-state index contributed by atoms with van der Waals surface area (Å²) < 4.78 is 0. The maximum absolute atomic E-state index is 12.2. The molecule has 0 unspecified atom stereocenters. The normalized spacial score (nSPS) is 14.0. The van der Waals surface area contributed by atoms with E-state index in [9.17, 15) is 9.59 Å². The van der Waals surface area contributed by atoms with E-state index in [-0.39, 0.29) is 36.6 Å². The summed E-state index contributed by atoms with van der Waals surface area (Å²) in [6.45, 7) is 4.02. The highest BCUT2D eigenvalue weighted by molar-refractivity contribution is 5.92. The van der Waals surface area contributed by atoms with Gasteiger partial charge in [0.25, 0.3) is 0 Å². The molecule has 1 fully saturated rings. The molecular weight excluding hydrogens is 387 g/mol. The zero-order valence-electron chi connectivity index (χ0n) is 15.8. The fourth-order valence-corrected chi connectivity index (χ4v) is 3.01. The number of unbranched alkanes of at least 4 members (excludes halogenated alkanes) is 3. The first-order valence-electron chi connectivity index (χ1n) is 9.24. The molecule has 0 bridgehead atoms. The molecule has 1 aliphatic heterocycles. The largest absolute Gasteiger partial charge is 0.340 e. The molecule has 27 heavy (non-hydrogen) atoms. The minimum absolute atomic E-state index is 0. The number of nitrogens with two attached hydrogens (primary N) is 1. The molecule has 0 radical (unpaired) electrons. The lowest BCUT2D eigenvalue weighted by Crippen LogP contribution is -2.50. The number of piperazine rings is 1. The van der Waals surface area contributed by atoms with E-state index in [1.165, 1.54) is 0 Å². The first kappa shape index (κ1) is 25.7. The Morgan fingerprint density at radius 3 is 2.19 bits per heavy atom. The molecule has 0 atom stereocenters. The third kappa shape index (κ3) is 9.96. The van der Waals surface area contributed by atoms with Gasteiger partial charge in [0, 0.05) is 38.3 Å². The van der Waals surface area contributed by atoms with Crippen molar-refractivity contribution in [3.05, 3.63) is 30.3 Å². The van der Waals surface area contributed by atoms with Crippen molar-refractivity contribution in [2.75, 3.05) is 44.6 Å². The highest BCUT2D eigenvalue weighted by Gasteiger charge is 2.22. The average Bonchev–Trinajstić information content (AvgIpc) is 2.63. The molecule has 0 saturated carbocycles. The number of hydrogen-bond acceptors (Lipinski definition) is 4. The fourth-order valence-electron chi connectivity index (χ4n) is 3.01. The van der Waals surface area contributed by atoms with Gasteiger partial charge in [-0.15, -0.1) is 24.8 Å². The number of para-hydroxylation sites is 1. The van der Waals surface area contributed by atoms with E-state index in [0.29, 0.717) is 26.1 Å². The van der Waals surface area contributed by atoms with Gasteiger partial charge in [0.05, 0.1) is 6.54 Å². The zero-order chi connectivity index (χ0) is 17.9. The molecule has 0 aliphatic carbocycles. The second-order valence-corrected chi connectivity index (χ2v) is 6.52. The molecule has 6 nitrogen and oxygen atoms in total. The maximum atomic E-state index is 12.2. The summed E-state index contributed by atoms with van der Waals surface area (Å²) in [6, 6.07) is 9.47. The van der Waals surface area contributed by atoms with Gasteiger partial charge in [-0.3, -0.25) is 14.5 Å². The Kier molecular flexibility index (Phi) is 14.0.